The van der Waals surface area contributed by atoms with E-state index in [2.05, 4.69) is 25.4 Å². The van der Waals surface area contributed by atoms with Crippen molar-refractivity contribution in [1.82, 2.24) is 30.0 Å². The van der Waals surface area contributed by atoms with Crippen LogP contribution in [0.4, 0.5) is 0 Å². The number of hydrogen-bond donors (Lipinski definition) is 1. The molecular formula is C23H18N6OS. The van der Waals surface area contributed by atoms with Crippen molar-refractivity contribution in [3.05, 3.63) is 96.2 Å². The summed E-state index contributed by atoms with van der Waals surface area (Å²) >= 11 is 1.50. The first-order chi connectivity index (χ1) is 15.3. The number of nitrogens with zero attached hydrogens (tertiary/aromatic N) is 5. The van der Waals surface area contributed by atoms with Crippen LogP contribution in [0.3, 0.4) is 0 Å². The lowest BCUT2D eigenvalue weighted by Gasteiger charge is -2.08. The molecule has 0 saturated heterocycles. The van der Waals surface area contributed by atoms with Gasteiger partial charge in [0.2, 0.25) is 0 Å². The SMILES string of the molecule is O=C(NCc1ccc(Cn2cccn2)cc1)c1nccnc1-c1nc2ccccc2s1. The van der Waals surface area contributed by atoms with Crippen molar-refractivity contribution >= 4 is 27.5 Å². The Morgan fingerprint density at radius 3 is 2.55 bits per heavy atom. The Kier molecular flexibility index (Phi) is 5.20. The van der Waals surface area contributed by atoms with E-state index in [4.69, 9.17) is 0 Å². The van der Waals surface area contributed by atoms with Crippen LogP contribution in [0.5, 0.6) is 0 Å². The fourth-order valence-electron chi connectivity index (χ4n) is 3.24. The molecule has 1 amide bonds. The highest BCUT2D eigenvalue weighted by Gasteiger charge is 2.18. The van der Waals surface area contributed by atoms with Gasteiger partial charge in [0, 0.05) is 31.3 Å². The standard InChI is InChI=1S/C23H18N6OS/c30-22(26-14-16-6-8-17(9-7-16)15-29-13-3-10-27-29)20-21(25-12-11-24-20)23-28-18-4-1-2-5-19(18)31-23/h1-13H,14-15H2,(H,26,30). The van der Waals surface area contributed by atoms with Gasteiger partial charge in [-0.3, -0.25) is 9.48 Å². The summed E-state index contributed by atoms with van der Waals surface area (Å²) in [4.78, 5) is 26.1. The van der Waals surface area contributed by atoms with Gasteiger partial charge in [-0.25, -0.2) is 15.0 Å². The number of nitrogens with one attached hydrogen (secondary N) is 1. The monoisotopic (exact) mass is 426 g/mol. The normalized spacial score (nSPS) is 11.0. The van der Waals surface area contributed by atoms with Crippen LogP contribution in [0.1, 0.15) is 21.6 Å². The topological polar surface area (TPSA) is 85.6 Å². The highest BCUT2D eigenvalue weighted by atomic mass is 32.1. The molecule has 2 aromatic carbocycles. The third kappa shape index (κ3) is 4.19. The molecular weight excluding hydrogens is 408 g/mol. The van der Waals surface area contributed by atoms with Gasteiger partial charge >= 0.3 is 0 Å². The first-order valence-electron chi connectivity index (χ1n) is 9.77. The highest BCUT2D eigenvalue weighted by molar-refractivity contribution is 7.21. The van der Waals surface area contributed by atoms with E-state index in [1.54, 1.807) is 12.4 Å². The van der Waals surface area contributed by atoms with Crippen LogP contribution in [-0.4, -0.2) is 30.6 Å². The number of rotatable bonds is 6. The van der Waals surface area contributed by atoms with Crippen molar-refractivity contribution in [3.8, 4) is 10.7 Å². The van der Waals surface area contributed by atoms with E-state index in [-0.39, 0.29) is 11.6 Å². The Hall–Kier alpha value is -3.91. The van der Waals surface area contributed by atoms with Crippen molar-refractivity contribution in [2.45, 2.75) is 13.1 Å². The average Bonchev–Trinajstić information content (AvgIpc) is 3.48. The molecule has 0 atom stereocenters. The summed E-state index contributed by atoms with van der Waals surface area (Å²) < 4.78 is 2.92. The molecule has 0 spiro atoms. The van der Waals surface area contributed by atoms with Crippen LogP contribution in [0.2, 0.25) is 0 Å². The van der Waals surface area contributed by atoms with E-state index in [1.165, 1.54) is 17.5 Å². The lowest BCUT2D eigenvalue weighted by Crippen LogP contribution is -2.24. The minimum absolute atomic E-state index is 0.275. The molecule has 1 N–H and O–H groups in total. The zero-order chi connectivity index (χ0) is 21.0. The van der Waals surface area contributed by atoms with Crippen molar-refractivity contribution in [1.29, 1.82) is 0 Å². The molecule has 31 heavy (non-hydrogen) atoms. The zero-order valence-electron chi connectivity index (χ0n) is 16.5. The van der Waals surface area contributed by atoms with Gasteiger partial charge in [-0.2, -0.15) is 5.10 Å². The average molecular weight is 427 g/mol. The maximum absolute atomic E-state index is 12.9. The van der Waals surface area contributed by atoms with Gasteiger partial charge in [-0.05, 0) is 29.3 Å². The molecule has 0 aliphatic heterocycles. The van der Waals surface area contributed by atoms with E-state index < -0.39 is 0 Å². The summed E-state index contributed by atoms with van der Waals surface area (Å²) in [5.41, 5.74) is 3.80. The Bertz CT molecular complexity index is 1290. The number of carbonyl (C=O) groups is 1. The number of fused-ring (bicyclic) bond motifs is 1. The molecule has 0 radical (unpaired) electrons. The predicted octanol–water partition coefficient (Wildman–Crippen LogP) is 3.93. The summed E-state index contributed by atoms with van der Waals surface area (Å²) in [6.45, 7) is 1.11. The Morgan fingerprint density at radius 1 is 0.935 bits per heavy atom. The summed E-state index contributed by atoms with van der Waals surface area (Å²) in [6, 6.07) is 17.8. The zero-order valence-corrected chi connectivity index (χ0v) is 17.3. The van der Waals surface area contributed by atoms with Crippen LogP contribution in [0.25, 0.3) is 20.9 Å². The summed E-state index contributed by atoms with van der Waals surface area (Å²) in [6.07, 6.45) is 6.79. The molecule has 0 aliphatic rings. The second kappa shape index (κ2) is 8.45. The van der Waals surface area contributed by atoms with E-state index in [9.17, 15) is 4.79 Å². The number of benzene rings is 2. The molecule has 5 rings (SSSR count). The van der Waals surface area contributed by atoms with E-state index in [0.29, 0.717) is 23.8 Å². The third-order valence-corrected chi connectivity index (χ3v) is 5.83. The van der Waals surface area contributed by atoms with Crippen LogP contribution < -0.4 is 5.32 Å². The molecule has 0 saturated carbocycles. The number of amides is 1. The molecule has 3 heterocycles. The first-order valence-corrected chi connectivity index (χ1v) is 10.6. The highest BCUT2D eigenvalue weighted by Crippen LogP contribution is 2.30. The second-order valence-electron chi connectivity index (χ2n) is 6.94. The van der Waals surface area contributed by atoms with Gasteiger partial charge in [0.15, 0.2) is 5.69 Å². The molecule has 152 valence electrons. The summed E-state index contributed by atoms with van der Waals surface area (Å²) in [7, 11) is 0. The lowest BCUT2D eigenvalue weighted by atomic mass is 10.1. The fraction of sp³-hybridized carbons (Fsp3) is 0.0870. The minimum Gasteiger partial charge on any atom is -0.347 e. The van der Waals surface area contributed by atoms with Gasteiger partial charge in [-0.15, -0.1) is 11.3 Å². The number of aromatic nitrogens is 5. The second-order valence-corrected chi connectivity index (χ2v) is 7.97. The molecule has 5 aromatic rings. The van der Waals surface area contributed by atoms with Crippen molar-refractivity contribution in [2.24, 2.45) is 0 Å². The van der Waals surface area contributed by atoms with Crippen LogP contribution in [0, 0.1) is 0 Å². The maximum atomic E-state index is 12.9. The van der Waals surface area contributed by atoms with Gasteiger partial charge < -0.3 is 5.32 Å². The first kappa shape index (κ1) is 19.1. The molecule has 0 unspecified atom stereocenters. The van der Waals surface area contributed by atoms with E-state index >= 15 is 0 Å². The van der Waals surface area contributed by atoms with Gasteiger partial charge in [0.25, 0.3) is 5.91 Å². The third-order valence-electron chi connectivity index (χ3n) is 4.79. The van der Waals surface area contributed by atoms with Crippen LogP contribution >= 0.6 is 11.3 Å². The van der Waals surface area contributed by atoms with Gasteiger partial charge in [-0.1, -0.05) is 36.4 Å². The maximum Gasteiger partial charge on any atom is 0.272 e. The smallest absolute Gasteiger partial charge is 0.272 e. The number of carbonyl (C=O) groups excluding carboxylic acids is 1. The van der Waals surface area contributed by atoms with Crippen molar-refractivity contribution < 1.29 is 4.79 Å². The van der Waals surface area contributed by atoms with Crippen molar-refractivity contribution in [3.63, 3.8) is 0 Å². The minimum atomic E-state index is -0.275. The lowest BCUT2D eigenvalue weighted by molar-refractivity contribution is 0.0946. The Morgan fingerprint density at radius 2 is 1.74 bits per heavy atom. The van der Waals surface area contributed by atoms with Crippen LogP contribution in [0.15, 0.2) is 79.4 Å². The quantitative estimate of drug-likeness (QED) is 0.445. The Balaban J connectivity index is 1.30. The fourth-order valence-corrected chi connectivity index (χ4v) is 4.21. The predicted molar refractivity (Wildman–Crippen MR) is 120 cm³/mol. The molecule has 0 bridgehead atoms. The van der Waals surface area contributed by atoms with Crippen molar-refractivity contribution in [2.75, 3.05) is 0 Å². The molecule has 7 nitrogen and oxygen atoms in total. The van der Waals surface area contributed by atoms with Gasteiger partial charge in [0.05, 0.1) is 16.8 Å². The summed E-state index contributed by atoms with van der Waals surface area (Å²) in [5, 5.41) is 7.84. The van der Waals surface area contributed by atoms with E-state index in [1.807, 2.05) is 65.5 Å². The number of para-hydroxylation sites is 1. The van der Waals surface area contributed by atoms with E-state index in [0.717, 1.165) is 21.3 Å². The van der Waals surface area contributed by atoms with Crippen LogP contribution in [-0.2, 0) is 13.1 Å². The number of thiazole rings is 1. The largest absolute Gasteiger partial charge is 0.347 e. The molecule has 3 aromatic heterocycles. The summed E-state index contributed by atoms with van der Waals surface area (Å²) in [5.74, 6) is -0.275. The van der Waals surface area contributed by atoms with Gasteiger partial charge in [0.1, 0.15) is 10.7 Å². The molecule has 0 aliphatic carbocycles. The Labute approximate surface area is 182 Å². The number of hydrogen-bond acceptors (Lipinski definition) is 6. The molecule has 0 fully saturated rings. The molecule has 8 heteroatoms.